The van der Waals surface area contributed by atoms with Gasteiger partial charge in [0.2, 0.25) is 0 Å². The van der Waals surface area contributed by atoms with E-state index >= 15 is 0 Å². The third kappa shape index (κ3) is 6.31. The van der Waals surface area contributed by atoms with Crippen molar-refractivity contribution in [1.29, 1.82) is 0 Å². The molecule has 144 valence electrons. The first-order valence-electron chi connectivity index (χ1n) is 8.72. The van der Waals surface area contributed by atoms with Crippen LogP contribution in [0.2, 0.25) is 0 Å². The highest BCUT2D eigenvalue weighted by molar-refractivity contribution is 5.81. The van der Waals surface area contributed by atoms with Crippen LogP contribution in [-0.2, 0) is 25.6 Å². The van der Waals surface area contributed by atoms with Crippen LogP contribution < -0.4 is 0 Å². The number of carboxylic acid groups (broad SMARTS) is 1. The van der Waals surface area contributed by atoms with Crippen molar-refractivity contribution in [3.05, 3.63) is 35.9 Å². The molecule has 1 saturated heterocycles. The maximum Gasteiger partial charge on any atom is 0.411 e. The molecule has 1 heterocycles. The van der Waals surface area contributed by atoms with Crippen molar-refractivity contribution in [2.75, 3.05) is 19.8 Å². The fourth-order valence-corrected chi connectivity index (χ4v) is 2.71. The van der Waals surface area contributed by atoms with Crippen molar-refractivity contribution in [3.63, 3.8) is 0 Å². The van der Waals surface area contributed by atoms with Crippen LogP contribution in [0.15, 0.2) is 30.3 Å². The lowest BCUT2D eigenvalue weighted by molar-refractivity contribution is -0.142. The van der Waals surface area contributed by atoms with Crippen LogP contribution in [0.3, 0.4) is 0 Å². The van der Waals surface area contributed by atoms with Crippen molar-refractivity contribution in [3.8, 4) is 0 Å². The number of carboxylic acids is 1. The number of hydrogen-bond donors (Lipinski definition) is 1. The lowest BCUT2D eigenvalue weighted by Gasteiger charge is -2.26. The van der Waals surface area contributed by atoms with Crippen molar-refractivity contribution >= 4 is 12.1 Å². The molecule has 2 unspecified atom stereocenters. The van der Waals surface area contributed by atoms with E-state index in [0.29, 0.717) is 19.8 Å². The van der Waals surface area contributed by atoms with Crippen LogP contribution in [0, 0.1) is 0 Å². The van der Waals surface area contributed by atoms with Gasteiger partial charge in [0, 0.05) is 6.42 Å². The summed E-state index contributed by atoms with van der Waals surface area (Å²) in [5.74, 6) is -1.05. The number of rotatable bonds is 7. The molecular formula is C19H27NO6. The second-order valence-corrected chi connectivity index (χ2v) is 7.25. The van der Waals surface area contributed by atoms with Crippen molar-refractivity contribution in [2.45, 2.75) is 51.5 Å². The lowest BCUT2D eigenvalue weighted by atomic mass is 10.2. The molecule has 1 amide bonds. The van der Waals surface area contributed by atoms with Crippen LogP contribution in [0.4, 0.5) is 4.79 Å². The molecule has 0 radical (unpaired) electrons. The normalized spacial score (nSPS) is 20.2. The standard InChI is InChI=1S/C19H27NO6/c1-19(2,3)26-18(23)20-12-15(11-16(20)17(21)22)25-10-9-24-13-14-7-5-4-6-8-14/h4-8,15-16H,9-13H2,1-3H3,(H,21,22). The Morgan fingerprint density at radius 1 is 1.19 bits per heavy atom. The van der Waals surface area contributed by atoms with Crippen molar-refractivity contribution in [2.24, 2.45) is 0 Å². The smallest absolute Gasteiger partial charge is 0.411 e. The molecule has 2 atom stereocenters. The summed E-state index contributed by atoms with van der Waals surface area (Å²) in [5, 5.41) is 9.35. The molecule has 1 aromatic carbocycles. The molecule has 0 saturated carbocycles. The van der Waals surface area contributed by atoms with Gasteiger partial charge in [-0.1, -0.05) is 30.3 Å². The molecule has 0 aromatic heterocycles. The van der Waals surface area contributed by atoms with E-state index in [1.807, 2.05) is 30.3 Å². The summed E-state index contributed by atoms with van der Waals surface area (Å²) >= 11 is 0. The molecule has 1 fully saturated rings. The third-order valence-electron chi connectivity index (χ3n) is 3.87. The molecule has 2 rings (SSSR count). The Morgan fingerprint density at radius 3 is 2.50 bits per heavy atom. The van der Waals surface area contributed by atoms with Gasteiger partial charge in [-0.05, 0) is 26.3 Å². The lowest BCUT2D eigenvalue weighted by Crippen LogP contribution is -2.43. The Kier molecular flexibility index (Phi) is 6.99. The van der Waals surface area contributed by atoms with E-state index in [0.717, 1.165) is 5.56 Å². The summed E-state index contributed by atoms with van der Waals surface area (Å²) < 4.78 is 16.5. The zero-order valence-corrected chi connectivity index (χ0v) is 15.5. The summed E-state index contributed by atoms with van der Waals surface area (Å²) in [6, 6.07) is 8.88. The molecule has 1 aliphatic heterocycles. The summed E-state index contributed by atoms with van der Waals surface area (Å²) in [4.78, 5) is 24.9. The largest absolute Gasteiger partial charge is 0.480 e. The van der Waals surface area contributed by atoms with E-state index in [4.69, 9.17) is 14.2 Å². The van der Waals surface area contributed by atoms with Gasteiger partial charge >= 0.3 is 12.1 Å². The third-order valence-corrected chi connectivity index (χ3v) is 3.87. The zero-order chi connectivity index (χ0) is 19.2. The second-order valence-electron chi connectivity index (χ2n) is 7.25. The number of hydrogen-bond acceptors (Lipinski definition) is 5. The number of nitrogens with zero attached hydrogens (tertiary/aromatic N) is 1. The van der Waals surface area contributed by atoms with Gasteiger partial charge in [0.15, 0.2) is 0 Å². The van der Waals surface area contributed by atoms with Crippen molar-refractivity contribution < 1.29 is 28.9 Å². The molecule has 26 heavy (non-hydrogen) atoms. The van der Waals surface area contributed by atoms with Gasteiger partial charge in [0.05, 0.1) is 32.5 Å². The second kappa shape index (κ2) is 9.00. The van der Waals surface area contributed by atoms with Crippen LogP contribution in [0.1, 0.15) is 32.8 Å². The number of benzene rings is 1. The first-order valence-corrected chi connectivity index (χ1v) is 8.72. The van der Waals surface area contributed by atoms with E-state index in [9.17, 15) is 14.7 Å². The molecule has 1 N–H and O–H groups in total. The quantitative estimate of drug-likeness (QED) is 0.748. The minimum atomic E-state index is -1.05. The van der Waals surface area contributed by atoms with Gasteiger partial charge in [-0.25, -0.2) is 9.59 Å². The first kappa shape index (κ1) is 20.2. The number of ether oxygens (including phenoxy) is 3. The molecule has 7 nitrogen and oxygen atoms in total. The average Bonchev–Trinajstić information content (AvgIpc) is 2.99. The average molecular weight is 365 g/mol. The minimum Gasteiger partial charge on any atom is -0.480 e. The predicted octanol–water partition coefficient (Wildman–Crippen LogP) is 2.68. The summed E-state index contributed by atoms with van der Waals surface area (Å²) in [5.41, 5.74) is 0.403. The molecule has 1 aromatic rings. The van der Waals surface area contributed by atoms with Gasteiger partial charge in [-0.2, -0.15) is 0 Å². The van der Waals surface area contributed by atoms with Crippen LogP contribution in [-0.4, -0.2) is 59.6 Å². The van der Waals surface area contributed by atoms with E-state index in [2.05, 4.69) is 0 Å². The summed E-state index contributed by atoms with van der Waals surface area (Å²) in [6.07, 6.45) is -0.729. The molecular weight excluding hydrogens is 338 g/mol. The van der Waals surface area contributed by atoms with E-state index in [1.165, 1.54) is 4.90 Å². The Morgan fingerprint density at radius 2 is 1.88 bits per heavy atom. The Balaban J connectivity index is 1.76. The van der Waals surface area contributed by atoms with Gasteiger partial charge in [0.1, 0.15) is 11.6 Å². The Labute approximate surface area is 153 Å². The van der Waals surface area contributed by atoms with Crippen LogP contribution >= 0.6 is 0 Å². The highest BCUT2D eigenvalue weighted by atomic mass is 16.6. The minimum absolute atomic E-state index is 0.199. The monoisotopic (exact) mass is 365 g/mol. The number of carbonyl (C=O) groups is 2. The zero-order valence-electron chi connectivity index (χ0n) is 15.5. The van der Waals surface area contributed by atoms with Gasteiger partial charge < -0.3 is 19.3 Å². The Hall–Kier alpha value is -2.12. The van der Waals surface area contributed by atoms with Gasteiger partial charge in [-0.15, -0.1) is 0 Å². The first-order chi connectivity index (χ1) is 12.3. The Bertz CT molecular complexity index is 598. The van der Waals surface area contributed by atoms with Gasteiger partial charge in [-0.3, -0.25) is 4.90 Å². The predicted molar refractivity (Wildman–Crippen MR) is 94.8 cm³/mol. The topological polar surface area (TPSA) is 85.3 Å². The molecule has 0 aliphatic carbocycles. The summed E-state index contributed by atoms with van der Waals surface area (Å²) in [7, 11) is 0. The van der Waals surface area contributed by atoms with Gasteiger partial charge in [0.25, 0.3) is 0 Å². The van der Waals surface area contributed by atoms with Crippen LogP contribution in [0.25, 0.3) is 0 Å². The number of likely N-dealkylation sites (tertiary alicyclic amines) is 1. The molecule has 0 spiro atoms. The molecule has 0 bridgehead atoms. The number of aliphatic carboxylic acids is 1. The molecule has 1 aliphatic rings. The maximum atomic E-state index is 12.2. The van der Waals surface area contributed by atoms with E-state index in [1.54, 1.807) is 20.8 Å². The van der Waals surface area contributed by atoms with Crippen LogP contribution in [0.5, 0.6) is 0 Å². The van der Waals surface area contributed by atoms with E-state index in [-0.39, 0.29) is 19.1 Å². The maximum absolute atomic E-state index is 12.2. The van der Waals surface area contributed by atoms with E-state index < -0.39 is 23.7 Å². The number of carbonyl (C=O) groups excluding carboxylic acids is 1. The molecule has 7 heteroatoms. The highest BCUT2D eigenvalue weighted by Gasteiger charge is 2.42. The SMILES string of the molecule is CC(C)(C)OC(=O)N1CC(OCCOCc2ccccc2)CC1C(=O)O. The highest BCUT2D eigenvalue weighted by Crippen LogP contribution is 2.23. The fourth-order valence-electron chi connectivity index (χ4n) is 2.71. The number of amides is 1. The fraction of sp³-hybridized carbons (Fsp3) is 0.579. The van der Waals surface area contributed by atoms with Crippen molar-refractivity contribution in [1.82, 2.24) is 4.90 Å². The summed E-state index contributed by atoms with van der Waals surface area (Å²) in [6.45, 7) is 6.67.